The average Bonchev–Trinajstić information content (AvgIpc) is 3.03. The van der Waals surface area contributed by atoms with Gasteiger partial charge in [-0.15, -0.1) is 0 Å². The molecule has 0 aliphatic carbocycles. The Morgan fingerprint density at radius 1 is 1.14 bits per heavy atom. The highest BCUT2D eigenvalue weighted by atomic mass is 35.5. The lowest BCUT2D eigenvalue weighted by Crippen LogP contribution is -2.09. The number of aromatic nitrogens is 2. The first-order valence-corrected chi connectivity index (χ1v) is 9.32. The number of ether oxygens (including phenoxy) is 2. The van der Waals surface area contributed by atoms with Crippen LogP contribution in [0.3, 0.4) is 0 Å². The Labute approximate surface area is 171 Å². The van der Waals surface area contributed by atoms with Crippen molar-refractivity contribution in [3.63, 3.8) is 0 Å². The van der Waals surface area contributed by atoms with E-state index in [1.54, 1.807) is 35.9 Å². The molecule has 1 heterocycles. The third-order valence-corrected chi connectivity index (χ3v) is 4.44. The van der Waals surface area contributed by atoms with Crippen molar-refractivity contribution < 1.29 is 23.0 Å². The molecule has 1 aromatic heterocycles. The molecule has 152 valence electrons. The van der Waals surface area contributed by atoms with Crippen LogP contribution < -0.4 is 4.74 Å². The van der Waals surface area contributed by atoms with Gasteiger partial charge in [0.25, 0.3) is 0 Å². The van der Waals surface area contributed by atoms with Gasteiger partial charge < -0.3 is 9.47 Å². The van der Waals surface area contributed by atoms with Crippen LogP contribution in [-0.4, -0.2) is 22.4 Å². The number of rotatable bonds is 7. The quantitative estimate of drug-likeness (QED) is 0.509. The maximum atomic E-state index is 13.9. The number of hydrogen-bond acceptors (Lipinski definition) is 4. The lowest BCUT2D eigenvalue weighted by molar-refractivity contribution is 0.0518. The Bertz CT molecular complexity index is 1040. The summed E-state index contributed by atoms with van der Waals surface area (Å²) in [4.78, 5) is 11.9. The van der Waals surface area contributed by atoms with Gasteiger partial charge in [0.15, 0.2) is 5.69 Å². The summed E-state index contributed by atoms with van der Waals surface area (Å²) in [6.45, 7) is 4.01. The molecule has 0 saturated carbocycles. The van der Waals surface area contributed by atoms with Gasteiger partial charge in [-0.1, -0.05) is 11.6 Å². The van der Waals surface area contributed by atoms with Gasteiger partial charge in [0.2, 0.25) is 0 Å². The van der Waals surface area contributed by atoms with E-state index in [2.05, 4.69) is 5.10 Å². The van der Waals surface area contributed by atoms with Crippen LogP contribution in [0.1, 0.15) is 34.2 Å². The first-order chi connectivity index (χ1) is 13.9. The fraction of sp³-hybridized carbons (Fsp3) is 0.238. The highest BCUT2D eigenvalue weighted by molar-refractivity contribution is 6.30. The van der Waals surface area contributed by atoms with Crippen LogP contribution in [0.5, 0.6) is 5.75 Å². The highest BCUT2D eigenvalue weighted by Crippen LogP contribution is 2.26. The normalized spacial score (nSPS) is 10.8. The van der Waals surface area contributed by atoms with Gasteiger partial charge in [-0.3, -0.25) is 4.68 Å². The minimum atomic E-state index is -0.678. The minimum absolute atomic E-state index is 0.0765. The molecule has 0 saturated heterocycles. The first kappa shape index (κ1) is 20.8. The van der Waals surface area contributed by atoms with Gasteiger partial charge in [-0.25, -0.2) is 13.6 Å². The molecule has 0 unspecified atom stereocenters. The molecule has 0 spiro atoms. The van der Waals surface area contributed by atoms with E-state index in [1.165, 1.54) is 12.1 Å². The van der Waals surface area contributed by atoms with Crippen LogP contribution in [-0.2, 0) is 17.9 Å². The van der Waals surface area contributed by atoms with E-state index in [9.17, 15) is 13.6 Å². The third-order valence-electron chi connectivity index (χ3n) is 4.21. The predicted molar refractivity (Wildman–Crippen MR) is 104 cm³/mol. The molecule has 0 bridgehead atoms. The zero-order valence-corrected chi connectivity index (χ0v) is 16.7. The number of benzene rings is 2. The zero-order chi connectivity index (χ0) is 21.0. The Balaban J connectivity index is 1.81. The minimum Gasteiger partial charge on any atom is -0.488 e. The number of carbonyl (C=O) groups excluding carboxylic acids is 1. The summed E-state index contributed by atoms with van der Waals surface area (Å²) < 4.78 is 39.3. The average molecular weight is 421 g/mol. The van der Waals surface area contributed by atoms with Gasteiger partial charge in [-0.05, 0) is 50.2 Å². The molecule has 0 aliphatic rings. The fourth-order valence-corrected chi connectivity index (χ4v) is 2.94. The number of carbonyl (C=O) groups is 1. The molecule has 3 aromatic rings. The summed E-state index contributed by atoms with van der Waals surface area (Å²) in [5, 5.41) is 4.77. The van der Waals surface area contributed by atoms with Crippen molar-refractivity contribution in [1.29, 1.82) is 0 Å². The number of halogens is 3. The van der Waals surface area contributed by atoms with E-state index in [-0.39, 0.29) is 31.0 Å². The van der Waals surface area contributed by atoms with Crippen LogP contribution in [0, 0.1) is 18.6 Å². The van der Waals surface area contributed by atoms with E-state index in [1.807, 2.05) is 6.92 Å². The smallest absolute Gasteiger partial charge is 0.358 e. The Morgan fingerprint density at radius 3 is 2.66 bits per heavy atom. The van der Waals surface area contributed by atoms with Gasteiger partial charge in [0.05, 0.1) is 13.2 Å². The van der Waals surface area contributed by atoms with Gasteiger partial charge in [0.1, 0.15) is 24.0 Å². The van der Waals surface area contributed by atoms with E-state index in [0.29, 0.717) is 16.3 Å². The fourth-order valence-electron chi connectivity index (χ4n) is 2.74. The van der Waals surface area contributed by atoms with Crippen LogP contribution >= 0.6 is 11.6 Å². The molecule has 2 aromatic carbocycles. The molecule has 3 rings (SSSR count). The molecule has 0 atom stereocenters. The Kier molecular flexibility index (Phi) is 6.49. The second-order valence-corrected chi connectivity index (χ2v) is 6.76. The van der Waals surface area contributed by atoms with Crippen LogP contribution in [0.25, 0.3) is 0 Å². The summed E-state index contributed by atoms with van der Waals surface area (Å²) in [7, 11) is 0. The number of aryl methyl sites for hydroxylation is 1. The molecular formula is C21H19ClF2N2O3. The SMILES string of the molecule is CCOC(=O)c1cc(C)n(Cc2cc(Cl)ccc2OCc2ccc(F)cc2F)n1. The largest absolute Gasteiger partial charge is 0.488 e. The summed E-state index contributed by atoms with van der Waals surface area (Å²) in [5.74, 6) is -1.35. The highest BCUT2D eigenvalue weighted by Gasteiger charge is 2.15. The standard InChI is InChI=1S/C21H19ClF2N2O3/c1-3-28-21(27)19-8-13(2)26(25-19)11-15-9-16(22)5-7-20(15)29-12-14-4-6-17(23)10-18(14)24/h4-10H,3,11-12H2,1-2H3. The molecule has 0 N–H and O–H groups in total. The Hall–Kier alpha value is -2.93. The number of nitrogens with zero attached hydrogens (tertiary/aromatic N) is 2. The van der Waals surface area contributed by atoms with Gasteiger partial charge in [-0.2, -0.15) is 5.10 Å². The van der Waals surface area contributed by atoms with Crippen molar-refractivity contribution in [2.45, 2.75) is 27.0 Å². The van der Waals surface area contributed by atoms with Crippen molar-refractivity contribution in [2.75, 3.05) is 6.61 Å². The predicted octanol–water partition coefficient (Wildman–Crippen LogP) is 4.93. The summed E-state index contributed by atoms with van der Waals surface area (Å²) in [5.41, 5.74) is 1.89. The Morgan fingerprint density at radius 2 is 1.93 bits per heavy atom. The lowest BCUT2D eigenvalue weighted by Gasteiger charge is -2.13. The lowest BCUT2D eigenvalue weighted by atomic mass is 10.2. The summed E-state index contributed by atoms with van der Waals surface area (Å²) in [6, 6.07) is 10.00. The zero-order valence-electron chi connectivity index (χ0n) is 15.9. The second-order valence-electron chi connectivity index (χ2n) is 6.33. The second kappa shape index (κ2) is 9.05. The van der Waals surface area contributed by atoms with Crippen molar-refractivity contribution >= 4 is 17.6 Å². The van der Waals surface area contributed by atoms with E-state index >= 15 is 0 Å². The van der Waals surface area contributed by atoms with Crippen LogP contribution in [0.15, 0.2) is 42.5 Å². The maximum Gasteiger partial charge on any atom is 0.358 e. The summed E-state index contributed by atoms with van der Waals surface area (Å²) >= 11 is 6.12. The van der Waals surface area contributed by atoms with Crippen LogP contribution in [0.4, 0.5) is 8.78 Å². The third kappa shape index (κ3) is 5.12. The van der Waals surface area contributed by atoms with Gasteiger partial charge in [0, 0.05) is 27.9 Å². The van der Waals surface area contributed by atoms with Gasteiger partial charge >= 0.3 is 5.97 Å². The maximum absolute atomic E-state index is 13.9. The molecule has 0 aliphatic heterocycles. The molecule has 0 fully saturated rings. The van der Waals surface area contributed by atoms with Crippen molar-refractivity contribution in [1.82, 2.24) is 9.78 Å². The van der Waals surface area contributed by atoms with Crippen LogP contribution in [0.2, 0.25) is 5.02 Å². The van der Waals surface area contributed by atoms with Crippen molar-refractivity contribution in [3.05, 3.63) is 81.6 Å². The number of esters is 1. The molecule has 0 radical (unpaired) electrons. The van der Waals surface area contributed by atoms with E-state index in [4.69, 9.17) is 21.1 Å². The monoisotopic (exact) mass is 420 g/mol. The first-order valence-electron chi connectivity index (χ1n) is 8.94. The molecule has 0 amide bonds. The van der Waals surface area contributed by atoms with E-state index in [0.717, 1.165) is 11.8 Å². The summed E-state index contributed by atoms with van der Waals surface area (Å²) in [6.07, 6.45) is 0. The molecule has 5 nitrogen and oxygen atoms in total. The van der Waals surface area contributed by atoms with E-state index < -0.39 is 17.6 Å². The molecule has 29 heavy (non-hydrogen) atoms. The molecule has 8 heteroatoms. The molecular weight excluding hydrogens is 402 g/mol. The van der Waals surface area contributed by atoms with Crippen molar-refractivity contribution in [3.8, 4) is 5.75 Å². The van der Waals surface area contributed by atoms with Crippen molar-refractivity contribution in [2.24, 2.45) is 0 Å². The number of hydrogen-bond donors (Lipinski definition) is 0. The topological polar surface area (TPSA) is 53.4 Å².